The molecule has 0 radical (unpaired) electrons. The van der Waals surface area contributed by atoms with E-state index in [-0.39, 0.29) is 11.4 Å². The minimum Gasteiger partial charge on any atom is -0.394 e. The lowest BCUT2D eigenvalue weighted by Crippen LogP contribution is -2.57. The van der Waals surface area contributed by atoms with Crippen molar-refractivity contribution >= 4 is 11.6 Å². The number of benzene rings is 1. The monoisotopic (exact) mass is 336 g/mol. The number of H-pyrrole nitrogens is 1. The van der Waals surface area contributed by atoms with Crippen molar-refractivity contribution in [3.63, 3.8) is 0 Å². The van der Waals surface area contributed by atoms with Crippen LogP contribution in [0.25, 0.3) is 11.3 Å². The SMILES string of the molecule is O=C(NC(CO)(CO)CO)c1cc(-c2cccc([N+](=O)[O-])c2)n[nH]1. The zero-order valence-electron chi connectivity index (χ0n) is 12.5. The summed E-state index contributed by atoms with van der Waals surface area (Å²) in [5, 5.41) is 47.1. The predicted molar refractivity (Wildman–Crippen MR) is 82.1 cm³/mol. The molecule has 0 aliphatic rings. The molecule has 0 saturated carbocycles. The van der Waals surface area contributed by atoms with Gasteiger partial charge in [-0.05, 0) is 6.07 Å². The maximum atomic E-state index is 12.1. The van der Waals surface area contributed by atoms with Crippen LogP contribution in [0.5, 0.6) is 0 Å². The van der Waals surface area contributed by atoms with Crippen molar-refractivity contribution in [2.45, 2.75) is 5.54 Å². The number of nitro benzene ring substituents is 1. The molecule has 5 N–H and O–H groups in total. The summed E-state index contributed by atoms with van der Waals surface area (Å²) < 4.78 is 0. The molecule has 1 aromatic carbocycles. The molecule has 0 saturated heterocycles. The van der Waals surface area contributed by atoms with E-state index in [1.165, 1.54) is 24.3 Å². The Balaban J connectivity index is 2.23. The van der Waals surface area contributed by atoms with E-state index in [1.807, 2.05) is 0 Å². The Morgan fingerprint density at radius 3 is 2.50 bits per heavy atom. The number of aromatic amines is 1. The number of hydrogen-bond acceptors (Lipinski definition) is 7. The summed E-state index contributed by atoms with van der Waals surface area (Å²) in [6, 6.07) is 7.12. The first-order valence-electron chi connectivity index (χ1n) is 6.90. The molecule has 1 aromatic heterocycles. The normalized spacial score (nSPS) is 11.3. The number of carbonyl (C=O) groups excluding carboxylic acids is 1. The highest BCUT2D eigenvalue weighted by Crippen LogP contribution is 2.22. The van der Waals surface area contributed by atoms with Gasteiger partial charge in [0.25, 0.3) is 11.6 Å². The van der Waals surface area contributed by atoms with Crippen LogP contribution < -0.4 is 5.32 Å². The van der Waals surface area contributed by atoms with E-state index in [0.29, 0.717) is 11.3 Å². The Bertz CT molecular complexity index is 732. The van der Waals surface area contributed by atoms with Gasteiger partial charge in [-0.2, -0.15) is 5.10 Å². The van der Waals surface area contributed by atoms with Crippen molar-refractivity contribution in [1.82, 2.24) is 15.5 Å². The second kappa shape index (κ2) is 7.17. The van der Waals surface area contributed by atoms with E-state index in [1.54, 1.807) is 6.07 Å². The van der Waals surface area contributed by atoms with Gasteiger partial charge in [-0.3, -0.25) is 20.0 Å². The first-order valence-corrected chi connectivity index (χ1v) is 6.90. The van der Waals surface area contributed by atoms with E-state index < -0.39 is 36.2 Å². The van der Waals surface area contributed by atoms with Crippen molar-refractivity contribution in [2.75, 3.05) is 19.8 Å². The van der Waals surface area contributed by atoms with Crippen LogP contribution in [0.3, 0.4) is 0 Å². The number of aliphatic hydroxyl groups excluding tert-OH is 3. The summed E-state index contributed by atoms with van der Waals surface area (Å²) in [6.07, 6.45) is 0. The van der Waals surface area contributed by atoms with Crippen molar-refractivity contribution in [3.8, 4) is 11.3 Å². The Kier molecular flexibility index (Phi) is 5.24. The Morgan fingerprint density at radius 1 is 1.25 bits per heavy atom. The van der Waals surface area contributed by atoms with E-state index in [0.717, 1.165) is 0 Å². The fourth-order valence-corrected chi connectivity index (χ4v) is 1.94. The summed E-state index contributed by atoms with van der Waals surface area (Å²) >= 11 is 0. The highest BCUT2D eigenvalue weighted by Gasteiger charge is 2.31. The average molecular weight is 336 g/mol. The van der Waals surface area contributed by atoms with Crippen LogP contribution in [0.1, 0.15) is 10.5 Å². The molecule has 0 spiro atoms. The number of nitrogens with one attached hydrogen (secondary N) is 2. The summed E-state index contributed by atoms with van der Waals surface area (Å²) in [5.41, 5.74) is -0.908. The van der Waals surface area contributed by atoms with Crippen molar-refractivity contribution in [2.24, 2.45) is 0 Å². The highest BCUT2D eigenvalue weighted by molar-refractivity contribution is 5.94. The third-order valence-electron chi connectivity index (χ3n) is 3.46. The second-order valence-corrected chi connectivity index (χ2v) is 5.18. The first-order chi connectivity index (χ1) is 11.4. The Labute approximate surface area is 135 Å². The molecular formula is C14H16N4O6. The fraction of sp³-hybridized carbons (Fsp3) is 0.286. The number of rotatable bonds is 7. The maximum Gasteiger partial charge on any atom is 0.270 e. The lowest BCUT2D eigenvalue weighted by Gasteiger charge is -2.28. The van der Waals surface area contributed by atoms with Gasteiger partial charge in [-0.15, -0.1) is 0 Å². The molecule has 2 rings (SSSR count). The standard InChI is InChI=1S/C14H16N4O6/c19-6-14(7-20,8-21)15-13(22)12-5-11(16-17-12)9-2-1-3-10(4-9)18(23)24/h1-5,19-21H,6-8H2,(H,15,22)(H,16,17). The number of aromatic nitrogens is 2. The Morgan fingerprint density at radius 2 is 1.92 bits per heavy atom. The quantitative estimate of drug-likeness (QED) is 0.334. The molecule has 10 heteroatoms. The molecule has 0 bridgehead atoms. The number of nitro groups is 1. The van der Waals surface area contributed by atoms with E-state index in [2.05, 4.69) is 15.5 Å². The molecule has 128 valence electrons. The van der Waals surface area contributed by atoms with Gasteiger partial charge in [-0.25, -0.2) is 0 Å². The molecule has 0 aliphatic carbocycles. The van der Waals surface area contributed by atoms with Gasteiger partial charge in [0.1, 0.15) is 11.2 Å². The lowest BCUT2D eigenvalue weighted by molar-refractivity contribution is -0.384. The molecule has 10 nitrogen and oxygen atoms in total. The molecule has 0 aliphatic heterocycles. The van der Waals surface area contributed by atoms with Crippen LogP contribution in [0.4, 0.5) is 5.69 Å². The molecule has 1 heterocycles. The van der Waals surface area contributed by atoms with Crippen LogP contribution >= 0.6 is 0 Å². The van der Waals surface area contributed by atoms with E-state index >= 15 is 0 Å². The van der Waals surface area contributed by atoms with Gasteiger partial charge >= 0.3 is 0 Å². The van der Waals surface area contributed by atoms with Gasteiger partial charge < -0.3 is 20.6 Å². The van der Waals surface area contributed by atoms with Crippen molar-refractivity contribution < 1.29 is 25.0 Å². The van der Waals surface area contributed by atoms with E-state index in [9.17, 15) is 30.2 Å². The van der Waals surface area contributed by atoms with Crippen LogP contribution in [0.15, 0.2) is 30.3 Å². The topological polar surface area (TPSA) is 162 Å². The molecule has 24 heavy (non-hydrogen) atoms. The van der Waals surface area contributed by atoms with Crippen molar-refractivity contribution in [3.05, 3.63) is 46.1 Å². The second-order valence-electron chi connectivity index (χ2n) is 5.18. The summed E-state index contributed by atoms with van der Waals surface area (Å²) in [7, 11) is 0. The van der Waals surface area contributed by atoms with Gasteiger partial charge in [0.15, 0.2) is 0 Å². The third kappa shape index (κ3) is 3.56. The Hall–Kier alpha value is -2.82. The average Bonchev–Trinajstić information content (AvgIpc) is 3.10. The molecular weight excluding hydrogens is 320 g/mol. The zero-order valence-corrected chi connectivity index (χ0v) is 12.5. The number of carbonyl (C=O) groups is 1. The van der Waals surface area contributed by atoms with Crippen LogP contribution in [0.2, 0.25) is 0 Å². The maximum absolute atomic E-state index is 12.1. The third-order valence-corrected chi connectivity index (χ3v) is 3.46. The number of aliphatic hydroxyl groups is 3. The minimum absolute atomic E-state index is 0.0104. The molecule has 0 atom stereocenters. The van der Waals surface area contributed by atoms with Crippen LogP contribution in [0, 0.1) is 10.1 Å². The lowest BCUT2D eigenvalue weighted by atomic mass is 10.0. The highest BCUT2D eigenvalue weighted by atomic mass is 16.6. The van der Waals surface area contributed by atoms with E-state index in [4.69, 9.17) is 0 Å². The molecule has 0 unspecified atom stereocenters. The fourth-order valence-electron chi connectivity index (χ4n) is 1.94. The van der Waals surface area contributed by atoms with Gasteiger partial charge in [-0.1, -0.05) is 12.1 Å². The summed E-state index contributed by atoms with van der Waals surface area (Å²) in [4.78, 5) is 22.4. The molecule has 0 fully saturated rings. The number of nitrogens with zero attached hydrogens (tertiary/aromatic N) is 2. The van der Waals surface area contributed by atoms with Gasteiger partial charge in [0, 0.05) is 17.7 Å². The predicted octanol–water partition coefficient (Wildman–Crippen LogP) is -0.570. The number of hydrogen-bond donors (Lipinski definition) is 5. The summed E-state index contributed by atoms with van der Waals surface area (Å²) in [6.45, 7) is -1.97. The first kappa shape index (κ1) is 17.5. The van der Waals surface area contributed by atoms with Crippen molar-refractivity contribution in [1.29, 1.82) is 0 Å². The van der Waals surface area contributed by atoms with Gasteiger partial charge in [0.05, 0.1) is 30.4 Å². The van der Waals surface area contributed by atoms with Crippen LogP contribution in [-0.2, 0) is 0 Å². The number of amides is 1. The smallest absolute Gasteiger partial charge is 0.270 e. The molecule has 2 aromatic rings. The molecule has 1 amide bonds. The number of non-ortho nitro benzene ring substituents is 1. The minimum atomic E-state index is -1.56. The van der Waals surface area contributed by atoms with Crippen LogP contribution in [-0.4, -0.2) is 61.7 Å². The summed E-state index contributed by atoms with van der Waals surface area (Å²) in [5.74, 6) is -0.698. The van der Waals surface area contributed by atoms with Gasteiger partial charge in [0.2, 0.25) is 0 Å². The largest absolute Gasteiger partial charge is 0.394 e. The zero-order chi connectivity index (χ0) is 17.7.